The summed E-state index contributed by atoms with van der Waals surface area (Å²) >= 11 is 0. The van der Waals surface area contributed by atoms with Crippen molar-refractivity contribution in [2.75, 3.05) is 13.2 Å². The number of carbonyl (C=O) groups is 2. The summed E-state index contributed by atoms with van der Waals surface area (Å²) in [5.74, 6) is -0.0184. The highest BCUT2D eigenvalue weighted by atomic mass is 16.5. The Bertz CT molecular complexity index is 1150. The maximum Gasteiger partial charge on any atom is 0.305 e. The van der Waals surface area contributed by atoms with E-state index >= 15 is 0 Å². The Kier molecular flexibility index (Phi) is 68.4. The maximum atomic E-state index is 12.6. The third kappa shape index (κ3) is 65.9. The van der Waals surface area contributed by atoms with Crippen molar-refractivity contribution >= 4 is 11.9 Å². The number of rotatable bonds is 70. The van der Waals surface area contributed by atoms with Crippen LogP contribution in [0.1, 0.15) is 431 Å². The average Bonchev–Trinajstić information content (AvgIpc) is 3.45. The minimum Gasteiger partial charge on any atom is -0.466 e. The Balaban J connectivity index is 3.37. The molecule has 0 aromatic heterocycles. The molecule has 0 rings (SSSR count). The highest BCUT2D eigenvalue weighted by Crippen LogP contribution is 2.20. The third-order valence-electron chi connectivity index (χ3n) is 17.7. The van der Waals surface area contributed by atoms with Crippen LogP contribution in [0.4, 0.5) is 0 Å². The molecule has 6 heteroatoms. The highest BCUT2D eigenvalue weighted by molar-refractivity contribution is 5.76. The first kappa shape index (κ1) is 77.9. The molecular formula is C73H145NO5. The molecule has 2 unspecified atom stereocenters. The van der Waals surface area contributed by atoms with Gasteiger partial charge in [0.1, 0.15) is 0 Å². The SMILES string of the molecule is CCCCCCCCCCCCCCCCCCCCCCCCCCCC(O)C(CO)NC(=O)CCCCCCCCCCCCCCCCCCCCOC(=O)CCCCCCCCCCCCCCCCCCCCC. The predicted molar refractivity (Wildman–Crippen MR) is 347 cm³/mol. The smallest absolute Gasteiger partial charge is 0.305 e. The van der Waals surface area contributed by atoms with Gasteiger partial charge in [0.25, 0.3) is 0 Å². The topological polar surface area (TPSA) is 95.9 Å². The molecule has 472 valence electrons. The quantitative estimate of drug-likeness (QED) is 0.0417. The molecule has 0 saturated heterocycles. The van der Waals surface area contributed by atoms with Crippen LogP contribution in [0.2, 0.25) is 0 Å². The molecule has 0 fully saturated rings. The number of hydrogen-bond acceptors (Lipinski definition) is 5. The van der Waals surface area contributed by atoms with E-state index in [0.717, 1.165) is 38.5 Å². The second-order valence-corrected chi connectivity index (χ2v) is 25.6. The number of ether oxygens (including phenoxy) is 1. The molecule has 3 N–H and O–H groups in total. The summed E-state index contributed by atoms with van der Waals surface area (Å²) in [4.78, 5) is 24.7. The molecule has 2 atom stereocenters. The number of hydrogen-bond donors (Lipinski definition) is 3. The molecule has 0 aromatic rings. The third-order valence-corrected chi connectivity index (χ3v) is 17.7. The number of amides is 1. The monoisotopic (exact) mass is 1120 g/mol. The molecule has 6 nitrogen and oxygen atoms in total. The van der Waals surface area contributed by atoms with Gasteiger partial charge in [0, 0.05) is 12.8 Å². The van der Waals surface area contributed by atoms with Crippen molar-refractivity contribution in [3.05, 3.63) is 0 Å². The van der Waals surface area contributed by atoms with Crippen LogP contribution in [-0.4, -0.2) is 47.4 Å². The first-order valence-corrected chi connectivity index (χ1v) is 36.8. The van der Waals surface area contributed by atoms with Gasteiger partial charge in [0.05, 0.1) is 25.4 Å². The van der Waals surface area contributed by atoms with Gasteiger partial charge in [-0.05, 0) is 25.7 Å². The van der Waals surface area contributed by atoms with Crippen molar-refractivity contribution in [1.82, 2.24) is 5.32 Å². The van der Waals surface area contributed by atoms with Crippen molar-refractivity contribution in [2.45, 2.75) is 443 Å². The Labute approximate surface area is 496 Å². The van der Waals surface area contributed by atoms with Gasteiger partial charge in [-0.1, -0.05) is 393 Å². The molecule has 1 amide bonds. The lowest BCUT2D eigenvalue weighted by Gasteiger charge is -2.22. The second-order valence-electron chi connectivity index (χ2n) is 25.6. The molecule has 0 aliphatic carbocycles. The molecule has 0 aliphatic heterocycles. The Morgan fingerprint density at radius 3 is 0.772 bits per heavy atom. The Morgan fingerprint density at radius 1 is 0.304 bits per heavy atom. The summed E-state index contributed by atoms with van der Waals surface area (Å²) in [7, 11) is 0. The van der Waals surface area contributed by atoms with Crippen molar-refractivity contribution in [2.24, 2.45) is 0 Å². The van der Waals surface area contributed by atoms with Gasteiger partial charge < -0.3 is 20.3 Å². The fourth-order valence-electron chi connectivity index (χ4n) is 12.1. The van der Waals surface area contributed by atoms with Crippen LogP contribution in [0.5, 0.6) is 0 Å². The van der Waals surface area contributed by atoms with Gasteiger partial charge in [-0.15, -0.1) is 0 Å². The number of unbranched alkanes of at least 4 members (excludes halogenated alkanes) is 59. The van der Waals surface area contributed by atoms with Crippen molar-refractivity contribution in [3.63, 3.8) is 0 Å². The van der Waals surface area contributed by atoms with Crippen LogP contribution in [-0.2, 0) is 14.3 Å². The van der Waals surface area contributed by atoms with E-state index in [1.807, 2.05) is 0 Å². The lowest BCUT2D eigenvalue weighted by Crippen LogP contribution is -2.45. The summed E-state index contributed by atoms with van der Waals surface area (Å²) < 4.78 is 5.51. The second kappa shape index (κ2) is 69.4. The molecule has 0 aromatic carbocycles. The standard InChI is InChI=1S/C73H145NO5/c1-3-5-7-9-11-13-15-17-19-21-23-24-25-26-27-28-30-33-37-41-45-49-53-57-61-65-71(76)70(69-75)74-72(77)66-62-58-54-50-46-42-38-34-31-32-36-40-44-48-52-56-60-64-68-79-73(78)67-63-59-55-51-47-43-39-35-29-22-20-18-16-14-12-10-8-6-4-2/h70-71,75-76H,3-69H2,1-2H3,(H,74,77). The Hall–Kier alpha value is -1.14. The van der Waals surface area contributed by atoms with Crippen LogP contribution in [0.3, 0.4) is 0 Å². The van der Waals surface area contributed by atoms with Crippen molar-refractivity contribution in [1.29, 1.82) is 0 Å². The van der Waals surface area contributed by atoms with Gasteiger partial charge in [-0.2, -0.15) is 0 Å². The van der Waals surface area contributed by atoms with Crippen LogP contribution in [0.15, 0.2) is 0 Å². The van der Waals surface area contributed by atoms with Gasteiger partial charge in [-0.25, -0.2) is 0 Å². The predicted octanol–water partition coefficient (Wildman–Crippen LogP) is 23.8. The van der Waals surface area contributed by atoms with Crippen molar-refractivity contribution in [3.8, 4) is 0 Å². The molecule has 0 saturated carbocycles. The van der Waals surface area contributed by atoms with E-state index in [1.165, 1.54) is 360 Å². The molecule has 0 spiro atoms. The average molecular weight is 1120 g/mol. The largest absolute Gasteiger partial charge is 0.466 e. The maximum absolute atomic E-state index is 12.6. The molecule has 0 bridgehead atoms. The van der Waals surface area contributed by atoms with E-state index in [2.05, 4.69) is 19.2 Å². The van der Waals surface area contributed by atoms with Crippen molar-refractivity contribution < 1.29 is 24.5 Å². The number of aliphatic hydroxyl groups is 2. The molecule has 0 aliphatic rings. The summed E-state index contributed by atoms with van der Waals surface area (Å²) in [6.45, 7) is 5.00. The zero-order valence-electron chi connectivity index (χ0n) is 54.2. The molecule has 0 heterocycles. The molecule has 79 heavy (non-hydrogen) atoms. The first-order chi connectivity index (χ1) is 39.0. The number of nitrogens with one attached hydrogen (secondary N) is 1. The van der Waals surface area contributed by atoms with E-state index in [4.69, 9.17) is 4.74 Å². The van der Waals surface area contributed by atoms with E-state index in [-0.39, 0.29) is 18.5 Å². The summed E-state index contributed by atoms with van der Waals surface area (Å²) in [6, 6.07) is -0.545. The fraction of sp³-hybridized carbons (Fsp3) is 0.973. The normalized spacial score (nSPS) is 12.4. The van der Waals surface area contributed by atoms with E-state index in [0.29, 0.717) is 25.9 Å². The zero-order valence-corrected chi connectivity index (χ0v) is 54.2. The number of carbonyl (C=O) groups excluding carboxylic acids is 2. The number of esters is 1. The van der Waals surface area contributed by atoms with Gasteiger partial charge in [0.15, 0.2) is 0 Å². The van der Waals surface area contributed by atoms with Crippen LogP contribution < -0.4 is 5.32 Å². The van der Waals surface area contributed by atoms with Crippen LogP contribution in [0, 0.1) is 0 Å². The molecule has 0 radical (unpaired) electrons. The lowest BCUT2D eigenvalue weighted by atomic mass is 10.0. The lowest BCUT2D eigenvalue weighted by molar-refractivity contribution is -0.143. The zero-order chi connectivity index (χ0) is 57.1. The summed E-state index contributed by atoms with van der Waals surface area (Å²) in [6.07, 6.45) is 84.4. The molecular weight excluding hydrogens is 971 g/mol. The van der Waals surface area contributed by atoms with Gasteiger partial charge >= 0.3 is 5.97 Å². The van der Waals surface area contributed by atoms with Gasteiger partial charge in [-0.3, -0.25) is 9.59 Å². The fourth-order valence-corrected chi connectivity index (χ4v) is 12.1. The Morgan fingerprint density at radius 2 is 0.519 bits per heavy atom. The van der Waals surface area contributed by atoms with Gasteiger partial charge in [0.2, 0.25) is 5.91 Å². The van der Waals surface area contributed by atoms with E-state index in [1.54, 1.807) is 0 Å². The first-order valence-electron chi connectivity index (χ1n) is 36.8. The van der Waals surface area contributed by atoms with E-state index < -0.39 is 12.1 Å². The minimum absolute atomic E-state index is 0.0141. The van der Waals surface area contributed by atoms with Crippen LogP contribution >= 0.6 is 0 Å². The summed E-state index contributed by atoms with van der Waals surface area (Å²) in [5.41, 5.74) is 0. The highest BCUT2D eigenvalue weighted by Gasteiger charge is 2.20. The van der Waals surface area contributed by atoms with E-state index in [9.17, 15) is 19.8 Å². The number of aliphatic hydroxyl groups excluding tert-OH is 2. The minimum atomic E-state index is -0.668. The summed E-state index contributed by atoms with van der Waals surface area (Å²) in [5, 5.41) is 23.5. The van der Waals surface area contributed by atoms with Crippen LogP contribution in [0.25, 0.3) is 0 Å².